The second-order valence-electron chi connectivity index (χ2n) is 3.14. The van der Waals surface area contributed by atoms with Crippen LogP contribution in [-0.4, -0.2) is 4.92 Å². The van der Waals surface area contributed by atoms with Crippen LogP contribution in [-0.2, 0) is 0 Å². The van der Waals surface area contributed by atoms with Crippen molar-refractivity contribution in [2.45, 2.75) is 0 Å². The maximum absolute atomic E-state index is 10.1. The molecule has 0 aliphatic heterocycles. The molecule has 15 heavy (non-hydrogen) atoms. The number of nitro groups is 1. The molecule has 0 heterocycles. The summed E-state index contributed by atoms with van der Waals surface area (Å²) in [6, 6.07) is 13.5. The Morgan fingerprint density at radius 1 is 1.13 bits per heavy atom. The lowest BCUT2D eigenvalue weighted by Crippen LogP contribution is -1.83. The van der Waals surface area contributed by atoms with E-state index in [1.807, 2.05) is 48.7 Å². The number of fused-ring (bicyclic) bond motifs is 1. The van der Waals surface area contributed by atoms with Gasteiger partial charge in [0.2, 0.25) is 0 Å². The second-order valence-corrected chi connectivity index (χ2v) is 3.14. The Balaban J connectivity index is 2.43. The zero-order chi connectivity index (χ0) is 10.7. The SMILES string of the molecule is O=[N+]([O-])[C-]=Cc1ccc2ccccc2c1. The van der Waals surface area contributed by atoms with Crippen LogP contribution in [0.5, 0.6) is 0 Å². The van der Waals surface area contributed by atoms with Crippen LogP contribution in [0.25, 0.3) is 16.8 Å². The van der Waals surface area contributed by atoms with E-state index in [1.54, 1.807) is 0 Å². The number of hydrogen-bond donors (Lipinski definition) is 0. The molecule has 0 unspecified atom stereocenters. The molecule has 0 bridgehead atoms. The molecule has 0 aromatic heterocycles. The largest absolute Gasteiger partial charge is 0.278 e. The third kappa shape index (κ3) is 2.20. The van der Waals surface area contributed by atoms with Crippen molar-refractivity contribution in [3.63, 3.8) is 0 Å². The Labute approximate surface area is 86.8 Å². The van der Waals surface area contributed by atoms with Gasteiger partial charge in [0.25, 0.3) is 0 Å². The molecule has 0 amide bonds. The summed E-state index contributed by atoms with van der Waals surface area (Å²) in [5.74, 6) is 0. The van der Waals surface area contributed by atoms with E-state index < -0.39 is 4.92 Å². The molecular weight excluding hydrogens is 190 g/mol. The number of rotatable bonds is 2. The Bertz CT molecular complexity index is 532. The quantitative estimate of drug-likeness (QED) is 0.322. The van der Waals surface area contributed by atoms with Crippen molar-refractivity contribution in [2.75, 3.05) is 0 Å². The molecular formula is C12H8NO2-. The summed E-state index contributed by atoms with van der Waals surface area (Å²) < 4.78 is 0. The first kappa shape index (κ1) is 9.40. The molecule has 3 nitrogen and oxygen atoms in total. The highest BCUT2D eigenvalue weighted by molar-refractivity contribution is 5.84. The van der Waals surface area contributed by atoms with Gasteiger partial charge in [-0.15, -0.1) is 12.1 Å². The number of nitrogens with zero attached hydrogens (tertiary/aromatic N) is 1. The average Bonchev–Trinajstić information content (AvgIpc) is 2.26. The molecule has 2 rings (SSSR count). The molecule has 3 heteroatoms. The monoisotopic (exact) mass is 198 g/mol. The normalized spacial score (nSPS) is 10.9. The van der Waals surface area contributed by atoms with Crippen LogP contribution < -0.4 is 0 Å². The van der Waals surface area contributed by atoms with Crippen molar-refractivity contribution in [3.05, 3.63) is 64.3 Å². The predicted molar refractivity (Wildman–Crippen MR) is 58.6 cm³/mol. The molecule has 0 radical (unpaired) electrons. The zero-order valence-corrected chi connectivity index (χ0v) is 7.88. The molecule has 0 fully saturated rings. The van der Waals surface area contributed by atoms with E-state index in [-0.39, 0.29) is 0 Å². The lowest BCUT2D eigenvalue weighted by molar-refractivity contribution is -0.417. The van der Waals surface area contributed by atoms with Gasteiger partial charge in [-0.2, -0.15) is 11.6 Å². The molecule has 74 valence electrons. The smallest absolute Gasteiger partial charge is 0.121 e. The van der Waals surface area contributed by atoms with Gasteiger partial charge in [0.05, 0.1) is 0 Å². The predicted octanol–water partition coefficient (Wildman–Crippen LogP) is 2.89. The fourth-order valence-electron chi connectivity index (χ4n) is 1.42. The van der Waals surface area contributed by atoms with Gasteiger partial charge in [0.1, 0.15) is 6.20 Å². The molecule has 0 atom stereocenters. The average molecular weight is 198 g/mol. The molecule has 0 aliphatic rings. The third-order valence-electron chi connectivity index (χ3n) is 2.11. The summed E-state index contributed by atoms with van der Waals surface area (Å²) >= 11 is 0. The van der Waals surface area contributed by atoms with Crippen molar-refractivity contribution in [1.29, 1.82) is 0 Å². The lowest BCUT2D eigenvalue weighted by atomic mass is 10.1. The van der Waals surface area contributed by atoms with E-state index >= 15 is 0 Å². The molecule has 0 saturated carbocycles. The first-order valence-electron chi connectivity index (χ1n) is 4.48. The summed E-state index contributed by atoms with van der Waals surface area (Å²) in [7, 11) is 0. The highest BCUT2D eigenvalue weighted by Crippen LogP contribution is 2.16. The van der Waals surface area contributed by atoms with Crippen molar-refractivity contribution < 1.29 is 4.92 Å². The first-order chi connectivity index (χ1) is 7.25. The van der Waals surface area contributed by atoms with Crippen LogP contribution in [0.3, 0.4) is 0 Å². The summed E-state index contributed by atoms with van der Waals surface area (Å²) in [4.78, 5) is 9.51. The van der Waals surface area contributed by atoms with Gasteiger partial charge in [0, 0.05) is 0 Å². The summed E-state index contributed by atoms with van der Waals surface area (Å²) in [6.07, 6.45) is 3.39. The minimum absolute atomic E-state index is 0.588. The third-order valence-corrected chi connectivity index (χ3v) is 2.11. The molecule has 2 aromatic rings. The van der Waals surface area contributed by atoms with E-state index in [1.165, 1.54) is 6.08 Å². The maximum Gasteiger partial charge on any atom is 0.121 e. The van der Waals surface area contributed by atoms with E-state index in [9.17, 15) is 10.1 Å². The standard InChI is InChI=1S/C12H8NO2/c14-13(15)8-7-10-5-6-11-3-1-2-4-12(11)9-10/h1-7,9H/q-1. The molecule has 0 saturated heterocycles. The highest BCUT2D eigenvalue weighted by atomic mass is 16.6. The molecule has 0 N–H and O–H groups in total. The van der Waals surface area contributed by atoms with Gasteiger partial charge in [-0.25, -0.2) is 0 Å². The highest BCUT2D eigenvalue weighted by Gasteiger charge is 1.88. The van der Waals surface area contributed by atoms with E-state index in [0.29, 0.717) is 0 Å². The van der Waals surface area contributed by atoms with Gasteiger partial charge in [-0.1, -0.05) is 30.3 Å². The van der Waals surface area contributed by atoms with Gasteiger partial charge < -0.3 is 0 Å². The topological polar surface area (TPSA) is 43.1 Å². The Morgan fingerprint density at radius 3 is 2.60 bits per heavy atom. The van der Waals surface area contributed by atoms with E-state index in [0.717, 1.165) is 16.3 Å². The summed E-state index contributed by atoms with van der Waals surface area (Å²) in [5.41, 5.74) is 0.783. The van der Waals surface area contributed by atoms with Crippen LogP contribution in [0.1, 0.15) is 5.56 Å². The van der Waals surface area contributed by atoms with Crippen molar-refractivity contribution in [2.24, 2.45) is 0 Å². The maximum atomic E-state index is 10.1. The van der Waals surface area contributed by atoms with Crippen molar-refractivity contribution >= 4 is 16.8 Å². The second kappa shape index (κ2) is 3.92. The lowest BCUT2D eigenvalue weighted by Gasteiger charge is -2.03. The Kier molecular flexibility index (Phi) is 2.46. The number of hydrogen-bond acceptors (Lipinski definition) is 2. The van der Waals surface area contributed by atoms with Gasteiger partial charge in [-0.05, 0) is 15.7 Å². The van der Waals surface area contributed by atoms with Crippen LogP contribution in [0, 0.1) is 16.3 Å². The van der Waals surface area contributed by atoms with E-state index in [4.69, 9.17) is 0 Å². The Hall–Kier alpha value is -2.16. The molecule has 2 aromatic carbocycles. The van der Waals surface area contributed by atoms with Crippen LogP contribution in [0.4, 0.5) is 0 Å². The van der Waals surface area contributed by atoms with Crippen LogP contribution in [0.15, 0.2) is 42.5 Å². The van der Waals surface area contributed by atoms with Crippen LogP contribution in [0.2, 0.25) is 0 Å². The van der Waals surface area contributed by atoms with Crippen molar-refractivity contribution in [1.82, 2.24) is 0 Å². The van der Waals surface area contributed by atoms with Crippen LogP contribution >= 0.6 is 0 Å². The van der Waals surface area contributed by atoms with Gasteiger partial charge >= 0.3 is 0 Å². The zero-order valence-electron chi connectivity index (χ0n) is 7.88. The molecule has 0 spiro atoms. The van der Waals surface area contributed by atoms with E-state index in [2.05, 4.69) is 0 Å². The fraction of sp³-hybridized carbons (Fsp3) is 0. The minimum Gasteiger partial charge on any atom is -0.278 e. The summed E-state index contributed by atoms with van der Waals surface area (Å²) in [6.45, 7) is 0. The minimum atomic E-state index is -0.588. The fourth-order valence-corrected chi connectivity index (χ4v) is 1.42. The molecule has 0 aliphatic carbocycles. The van der Waals surface area contributed by atoms with Gasteiger partial charge in [0.15, 0.2) is 0 Å². The first-order valence-corrected chi connectivity index (χ1v) is 4.48. The number of benzene rings is 2. The summed E-state index contributed by atoms with van der Waals surface area (Å²) in [5, 5.41) is 12.3. The van der Waals surface area contributed by atoms with Crippen molar-refractivity contribution in [3.8, 4) is 0 Å². The van der Waals surface area contributed by atoms with Gasteiger partial charge in [-0.3, -0.25) is 10.1 Å². The Morgan fingerprint density at radius 2 is 1.87 bits per heavy atom.